The van der Waals surface area contributed by atoms with Crippen LogP contribution in [0.1, 0.15) is 28.1 Å². The van der Waals surface area contributed by atoms with Crippen LogP contribution in [-0.2, 0) is 4.74 Å². The number of hydrogen-bond donors (Lipinski definition) is 0. The fourth-order valence-corrected chi connectivity index (χ4v) is 5.07. The van der Waals surface area contributed by atoms with Crippen molar-refractivity contribution in [2.24, 2.45) is 0 Å². The Morgan fingerprint density at radius 3 is 2.31 bits per heavy atom. The maximum atomic E-state index is 13.0. The van der Waals surface area contributed by atoms with E-state index in [9.17, 15) is 9.59 Å². The maximum absolute atomic E-state index is 13.0. The summed E-state index contributed by atoms with van der Waals surface area (Å²) in [6.45, 7) is 4.35. The summed E-state index contributed by atoms with van der Waals surface area (Å²) in [6, 6.07) is 26.4. The van der Waals surface area contributed by atoms with E-state index in [0.29, 0.717) is 48.5 Å². The number of amides is 1. The Morgan fingerprint density at radius 1 is 0.881 bits per heavy atom. The number of benzene rings is 3. The lowest BCUT2D eigenvalue weighted by atomic mass is 10.1. The van der Waals surface area contributed by atoms with Crippen LogP contribution in [0.15, 0.2) is 89.3 Å². The molecule has 0 spiro atoms. The normalized spacial score (nSPS) is 13.3. The molecule has 3 aromatic carbocycles. The van der Waals surface area contributed by atoms with E-state index >= 15 is 0 Å². The minimum atomic E-state index is -0.495. The van der Waals surface area contributed by atoms with E-state index in [2.05, 4.69) is 20.2 Å². The fraction of sp³-hybridized carbons (Fsp3) is 0.194. The van der Waals surface area contributed by atoms with Crippen LogP contribution in [0.4, 0.5) is 5.69 Å². The number of esters is 1. The predicted octanol–water partition coefficient (Wildman–Crippen LogP) is 5.38. The highest BCUT2D eigenvalue weighted by Gasteiger charge is 2.27. The summed E-state index contributed by atoms with van der Waals surface area (Å²) in [5.41, 5.74) is 4.22. The zero-order chi connectivity index (χ0) is 29.1. The molecule has 212 valence electrons. The van der Waals surface area contributed by atoms with Gasteiger partial charge in [0, 0.05) is 43.0 Å². The number of aromatic nitrogens is 4. The van der Waals surface area contributed by atoms with Gasteiger partial charge in [-0.1, -0.05) is 54.1 Å². The molecule has 0 saturated carbocycles. The molecule has 0 N–H and O–H groups in total. The standard InChI is InChI=1S/C31H27ClN6O4/c1-2-41-31(40)25-20-27(38(35-25)26-11-7-6-10-24(26)32)21-12-14-23(15-13-21)36-16-18-37(19-17-36)30(39)29-34-33-28(42-29)22-8-4-3-5-9-22/h3-15,20H,2,16-19H2,1H3. The van der Waals surface area contributed by atoms with Crippen LogP contribution in [0, 0.1) is 0 Å². The zero-order valence-electron chi connectivity index (χ0n) is 22.8. The molecule has 1 aliphatic rings. The van der Waals surface area contributed by atoms with Crippen LogP contribution in [0.25, 0.3) is 28.4 Å². The van der Waals surface area contributed by atoms with Gasteiger partial charge in [-0.25, -0.2) is 9.48 Å². The number of anilines is 1. The molecule has 2 aromatic heterocycles. The highest BCUT2D eigenvalue weighted by atomic mass is 35.5. The Kier molecular flexibility index (Phi) is 7.70. The number of rotatable bonds is 7. The number of nitrogens with zero attached hydrogens (tertiary/aromatic N) is 6. The summed E-state index contributed by atoms with van der Waals surface area (Å²) in [6.07, 6.45) is 0. The number of carbonyl (C=O) groups is 2. The second-order valence-corrected chi connectivity index (χ2v) is 10.0. The van der Waals surface area contributed by atoms with Gasteiger partial charge in [-0.2, -0.15) is 5.10 Å². The highest BCUT2D eigenvalue weighted by Crippen LogP contribution is 2.30. The van der Waals surface area contributed by atoms with Crippen LogP contribution in [0.2, 0.25) is 5.02 Å². The van der Waals surface area contributed by atoms with E-state index in [-0.39, 0.29) is 24.1 Å². The summed E-state index contributed by atoms with van der Waals surface area (Å²) in [7, 11) is 0. The Morgan fingerprint density at radius 2 is 1.60 bits per heavy atom. The van der Waals surface area contributed by atoms with Crippen LogP contribution < -0.4 is 4.90 Å². The van der Waals surface area contributed by atoms with Crippen molar-refractivity contribution in [3.8, 4) is 28.4 Å². The number of hydrogen-bond acceptors (Lipinski definition) is 8. The lowest BCUT2D eigenvalue weighted by Gasteiger charge is -2.35. The van der Waals surface area contributed by atoms with E-state index in [1.807, 2.05) is 72.8 Å². The third-order valence-corrected chi connectivity index (χ3v) is 7.32. The molecule has 3 heterocycles. The molecular weight excluding hydrogens is 556 g/mol. The Hall–Kier alpha value is -4.96. The minimum Gasteiger partial charge on any atom is -0.461 e. The van der Waals surface area contributed by atoms with E-state index in [1.165, 1.54) is 0 Å². The molecule has 0 unspecified atom stereocenters. The molecular formula is C31H27ClN6O4. The predicted molar refractivity (Wildman–Crippen MR) is 158 cm³/mol. The molecule has 42 heavy (non-hydrogen) atoms. The van der Waals surface area contributed by atoms with Gasteiger partial charge in [0.15, 0.2) is 5.69 Å². The Labute approximate surface area is 247 Å². The van der Waals surface area contributed by atoms with Gasteiger partial charge in [0.1, 0.15) is 0 Å². The number of ether oxygens (including phenoxy) is 1. The van der Waals surface area contributed by atoms with Crippen LogP contribution in [0.5, 0.6) is 0 Å². The van der Waals surface area contributed by atoms with Crippen molar-refractivity contribution >= 4 is 29.2 Å². The number of para-hydroxylation sites is 1. The quantitative estimate of drug-likeness (QED) is 0.235. The van der Waals surface area contributed by atoms with E-state index in [1.54, 1.807) is 28.6 Å². The molecule has 1 aliphatic heterocycles. The van der Waals surface area contributed by atoms with E-state index < -0.39 is 5.97 Å². The molecule has 0 aliphatic carbocycles. The van der Waals surface area contributed by atoms with Gasteiger partial charge in [-0.3, -0.25) is 4.79 Å². The van der Waals surface area contributed by atoms with Crippen LogP contribution >= 0.6 is 11.6 Å². The average molecular weight is 583 g/mol. The summed E-state index contributed by atoms with van der Waals surface area (Å²) < 4.78 is 12.5. The Balaban J connectivity index is 1.16. The minimum absolute atomic E-state index is 0.0102. The lowest BCUT2D eigenvalue weighted by molar-refractivity contribution is 0.0518. The molecule has 0 bridgehead atoms. The maximum Gasteiger partial charge on any atom is 0.358 e. The van der Waals surface area contributed by atoms with Crippen molar-refractivity contribution in [1.82, 2.24) is 24.9 Å². The monoisotopic (exact) mass is 582 g/mol. The molecule has 11 heteroatoms. The average Bonchev–Trinajstić information content (AvgIpc) is 3.71. The van der Waals surface area contributed by atoms with Crippen molar-refractivity contribution in [1.29, 1.82) is 0 Å². The third-order valence-electron chi connectivity index (χ3n) is 7.00. The molecule has 6 rings (SSSR count). The van der Waals surface area contributed by atoms with Gasteiger partial charge in [0.05, 0.1) is 23.0 Å². The summed E-state index contributed by atoms with van der Waals surface area (Å²) in [5.74, 6) is -0.456. The molecule has 1 saturated heterocycles. The van der Waals surface area contributed by atoms with Crippen LogP contribution in [0.3, 0.4) is 0 Å². The first-order valence-electron chi connectivity index (χ1n) is 13.6. The van der Waals surface area contributed by atoms with E-state index in [4.69, 9.17) is 20.8 Å². The van der Waals surface area contributed by atoms with Gasteiger partial charge >= 0.3 is 17.8 Å². The van der Waals surface area contributed by atoms with Gasteiger partial charge in [-0.15, -0.1) is 10.2 Å². The first-order chi connectivity index (χ1) is 20.5. The number of piperazine rings is 1. The second kappa shape index (κ2) is 11.9. The van der Waals surface area contributed by atoms with Crippen molar-refractivity contribution in [2.45, 2.75) is 6.92 Å². The molecule has 1 amide bonds. The van der Waals surface area contributed by atoms with Crippen molar-refractivity contribution in [3.63, 3.8) is 0 Å². The SMILES string of the molecule is CCOC(=O)c1cc(-c2ccc(N3CCN(C(=O)c4nnc(-c5ccccc5)o4)CC3)cc2)n(-c2ccccc2Cl)n1. The van der Waals surface area contributed by atoms with Crippen molar-refractivity contribution in [3.05, 3.63) is 102 Å². The molecule has 5 aromatic rings. The second-order valence-electron chi connectivity index (χ2n) is 9.60. The number of carbonyl (C=O) groups excluding carboxylic acids is 2. The van der Waals surface area contributed by atoms with Crippen molar-refractivity contribution < 1.29 is 18.7 Å². The van der Waals surface area contributed by atoms with Crippen LogP contribution in [-0.4, -0.2) is 69.5 Å². The first kappa shape index (κ1) is 27.2. The molecule has 0 radical (unpaired) electrons. The largest absolute Gasteiger partial charge is 0.461 e. The Bertz CT molecular complexity index is 1710. The smallest absolute Gasteiger partial charge is 0.358 e. The zero-order valence-corrected chi connectivity index (χ0v) is 23.6. The molecule has 1 fully saturated rings. The highest BCUT2D eigenvalue weighted by molar-refractivity contribution is 6.32. The number of halogens is 1. The topological polar surface area (TPSA) is 107 Å². The van der Waals surface area contributed by atoms with Crippen molar-refractivity contribution in [2.75, 3.05) is 37.7 Å². The van der Waals surface area contributed by atoms with E-state index in [0.717, 1.165) is 16.8 Å². The lowest BCUT2D eigenvalue weighted by Crippen LogP contribution is -2.48. The van der Waals surface area contributed by atoms with Gasteiger partial charge in [-0.05, 0) is 49.4 Å². The summed E-state index contributed by atoms with van der Waals surface area (Å²) >= 11 is 6.47. The molecule has 0 atom stereocenters. The molecule has 10 nitrogen and oxygen atoms in total. The van der Waals surface area contributed by atoms with Gasteiger partial charge in [0.2, 0.25) is 5.89 Å². The first-order valence-corrected chi connectivity index (χ1v) is 14.0. The van der Waals surface area contributed by atoms with Gasteiger partial charge < -0.3 is 19.0 Å². The fourth-order valence-electron chi connectivity index (χ4n) is 4.85. The summed E-state index contributed by atoms with van der Waals surface area (Å²) in [4.78, 5) is 29.4. The third kappa shape index (κ3) is 5.48. The summed E-state index contributed by atoms with van der Waals surface area (Å²) in [5, 5.41) is 13.0. The van der Waals surface area contributed by atoms with Gasteiger partial charge in [0.25, 0.3) is 0 Å².